The van der Waals surface area contributed by atoms with Gasteiger partial charge in [-0.15, -0.1) is 0 Å². The molecule has 0 radical (unpaired) electrons. The molecule has 0 heterocycles. The van der Waals surface area contributed by atoms with Crippen LogP contribution in [0.4, 0.5) is 0 Å². The molecule has 5 nitrogen and oxygen atoms in total. The standard InChI is InChI=1S/C15H22N2O3/c1-2-17-15(14(16)19)7-6-13(9-15)20-12-5-3-4-11(8-12)10-18/h3-5,8,13,17-18H,2,6-7,9-10H2,1H3,(H2,16,19). The summed E-state index contributed by atoms with van der Waals surface area (Å²) >= 11 is 0. The number of benzene rings is 1. The summed E-state index contributed by atoms with van der Waals surface area (Å²) in [5.74, 6) is 0.410. The second-order valence-corrected chi connectivity index (χ2v) is 5.26. The molecule has 1 saturated carbocycles. The van der Waals surface area contributed by atoms with Gasteiger partial charge in [0.1, 0.15) is 17.4 Å². The highest BCUT2D eigenvalue weighted by Crippen LogP contribution is 2.32. The zero-order valence-electron chi connectivity index (χ0n) is 11.8. The van der Waals surface area contributed by atoms with Crippen molar-refractivity contribution in [3.05, 3.63) is 29.8 Å². The molecule has 1 amide bonds. The van der Waals surface area contributed by atoms with Crippen LogP contribution in [0.5, 0.6) is 5.75 Å². The summed E-state index contributed by atoms with van der Waals surface area (Å²) in [7, 11) is 0. The number of nitrogens with one attached hydrogen (secondary N) is 1. The number of carbonyl (C=O) groups is 1. The normalized spacial score (nSPS) is 25.6. The van der Waals surface area contributed by atoms with Crippen LogP contribution in [0.1, 0.15) is 31.7 Å². The molecule has 110 valence electrons. The molecule has 2 atom stereocenters. The third-order valence-electron chi connectivity index (χ3n) is 3.84. The van der Waals surface area contributed by atoms with Crippen molar-refractivity contribution in [2.75, 3.05) is 6.54 Å². The number of hydrogen-bond acceptors (Lipinski definition) is 4. The van der Waals surface area contributed by atoms with Crippen molar-refractivity contribution < 1.29 is 14.6 Å². The van der Waals surface area contributed by atoms with Gasteiger partial charge in [0.2, 0.25) is 5.91 Å². The summed E-state index contributed by atoms with van der Waals surface area (Å²) < 4.78 is 5.91. The van der Waals surface area contributed by atoms with E-state index in [1.165, 1.54) is 0 Å². The predicted octanol–water partition coefficient (Wildman–Crippen LogP) is 0.944. The van der Waals surface area contributed by atoms with Crippen LogP contribution in [0.2, 0.25) is 0 Å². The lowest BCUT2D eigenvalue weighted by Gasteiger charge is -2.26. The average molecular weight is 278 g/mol. The van der Waals surface area contributed by atoms with Gasteiger partial charge in [-0.05, 0) is 37.1 Å². The number of amides is 1. The molecule has 1 aliphatic rings. The highest BCUT2D eigenvalue weighted by Gasteiger charge is 2.44. The number of primary amides is 1. The van der Waals surface area contributed by atoms with Crippen LogP contribution in [-0.4, -0.2) is 29.2 Å². The fourth-order valence-corrected chi connectivity index (χ4v) is 2.82. The molecular formula is C15H22N2O3. The molecule has 1 fully saturated rings. The summed E-state index contributed by atoms with van der Waals surface area (Å²) in [5, 5.41) is 12.3. The van der Waals surface area contributed by atoms with Gasteiger partial charge in [-0.3, -0.25) is 4.79 Å². The Bertz CT molecular complexity index is 478. The maximum atomic E-state index is 11.7. The van der Waals surface area contributed by atoms with Crippen molar-refractivity contribution in [1.29, 1.82) is 0 Å². The van der Waals surface area contributed by atoms with Gasteiger partial charge in [-0.1, -0.05) is 19.1 Å². The summed E-state index contributed by atoms with van der Waals surface area (Å²) in [4.78, 5) is 11.7. The number of aliphatic hydroxyl groups is 1. The first kappa shape index (κ1) is 14.8. The summed E-state index contributed by atoms with van der Waals surface area (Å²) in [6.45, 7) is 2.66. The van der Waals surface area contributed by atoms with E-state index in [9.17, 15) is 4.79 Å². The highest BCUT2D eigenvalue weighted by atomic mass is 16.5. The molecule has 0 aromatic heterocycles. The molecule has 5 heteroatoms. The molecule has 2 rings (SSSR count). The Morgan fingerprint density at radius 3 is 3.05 bits per heavy atom. The Balaban J connectivity index is 2.03. The number of nitrogens with two attached hydrogens (primary N) is 1. The van der Waals surface area contributed by atoms with E-state index in [4.69, 9.17) is 15.6 Å². The number of aliphatic hydroxyl groups excluding tert-OH is 1. The van der Waals surface area contributed by atoms with Gasteiger partial charge in [0, 0.05) is 6.42 Å². The number of carbonyl (C=O) groups excluding carboxylic acids is 1. The molecule has 0 bridgehead atoms. The third kappa shape index (κ3) is 3.11. The molecule has 0 saturated heterocycles. The average Bonchev–Trinajstić information content (AvgIpc) is 2.84. The fraction of sp³-hybridized carbons (Fsp3) is 0.533. The highest BCUT2D eigenvalue weighted by molar-refractivity contribution is 5.85. The topological polar surface area (TPSA) is 84.6 Å². The number of rotatable bonds is 6. The van der Waals surface area contributed by atoms with Crippen LogP contribution in [0.15, 0.2) is 24.3 Å². The van der Waals surface area contributed by atoms with Gasteiger partial charge in [-0.2, -0.15) is 0 Å². The maximum absolute atomic E-state index is 11.7. The first-order valence-electron chi connectivity index (χ1n) is 7.01. The van der Waals surface area contributed by atoms with Crippen molar-refractivity contribution in [3.63, 3.8) is 0 Å². The Morgan fingerprint density at radius 2 is 2.40 bits per heavy atom. The van der Waals surface area contributed by atoms with E-state index < -0.39 is 5.54 Å². The van der Waals surface area contributed by atoms with Crippen molar-refractivity contribution in [3.8, 4) is 5.75 Å². The Hall–Kier alpha value is -1.59. The summed E-state index contributed by atoms with van der Waals surface area (Å²) in [5.41, 5.74) is 5.70. The quantitative estimate of drug-likeness (QED) is 0.723. The molecule has 20 heavy (non-hydrogen) atoms. The van der Waals surface area contributed by atoms with Gasteiger partial charge in [0.25, 0.3) is 0 Å². The van der Waals surface area contributed by atoms with E-state index in [-0.39, 0.29) is 18.6 Å². The molecule has 0 spiro atoms. The van der Waals surface area contributed by atoms with Crippen LogP contribution >= 0.6 is 0 Å². The van der Waals surface area contributed by atoms with E-state index >= 15 is 0 Å². The van der Waals surface area contributed by atoms with E-state index in [0.29, 0.717) is 19.4 Å². The Labute approximate surface area is 119 Å². The monoisotopic (exact) mass is 278 g/mol. The zero-order valence-corrected chi connectivity index (χ0v) is 11.8. The first-order chi connectivity index (χ1) is 9.59. The predicted molar refractivity (Wildman–Crippen MR) is 76.2 cm³/mol. The SMILES string of the molecule is CCNC1(C(N)=O)CCC(Oc2cccc(CO)c2)C1. The second kappa shape index (κ2) is 6.24. The van der Waals surface area contributed by atoms with E-state index in [1.54, 1.807) is 0 Å². The van der Waals surface area contributed by atoms with Gasteiger partial charge < -0.3 is 20.9 Å². The number of hydrogen-bond donors (Lipinski definition) is 3. The lowest BCUT2D eigenvalue weighted by Crippen LogP contribution is -2.54. The van der Waals surface area contributed by atoms with Crippen molar-refractivity contribution >= 4 is 5.91 Å². The van der Waals surface area contributed by atoms with E-state index in [1.807, 2.05) is 31.2 Å². The van der Waals surface area contributed by atoms with Crippen LogP contribution in [0.25, 0.3) is 0 Å². The largest absolute Gasteiger partial charge is 0.490 e. The van der Waals surface area contributed by atoms with E-state index in [2.05, 4.69) is 5.32 Å². The van der Waals surface area contributed by atoms with Gasteiger partial charge in [0.05, 0.1) is 6.61 Å². The maximum Gasteiger partial charge on any atom is 0.237 e. The number of ether oxygens (including phenoxy) is 1. The molecule has 1 aromatic carbocycles. The minimum absolute atomic E-state index is 0.00944. The van der Waals surface area contributed by atoms with Crippen molar-refractivity contribution in [1.82, 2.24) is 5.32 Å². The molecular weight excluding hydrogens is 256 g/mol. The van der Waals surface area contributed by atoms with E-state index in [0.717, 1.165) is 17.7 Å². The third-order valence-corrected chi connectivity index (χ3v) is 3.84. The molecule has 1 aromatic rings. The van der Waals surface area contributed by atoms with Crippen molar-refractivity contribution in [2.24, 2.45) is 5.73 Å². The summed E-state index contributed by atoms with van der Waals surface area (Å²) in [6.07, 6.45) is 2.04. The molecule has 4 N–H and O–H groups in total. The lowest BCUT2D eigenvalue weighted by atomic mass is 9.96. The Morgan fingerprint density at radius 1 is 1.60 bits per heavy atom. The molecule has 2 unspecified atom stereocenters. The number of likely N-dealkylation sites (N-methyl/N-ethyl adjacent to an activating group) is 1. The second-order valence-electron chi connectivity index (χ2n) is 5.26. The van der Waals surface area contributed by atoms with Crippen LogP contribution in [0, 0.1) is 0 Å². The van der Waals surface area contributed by atoms with Crippen molar-refractivity contribution in [2.45, 2.75) is 44.4 Å². The van der Waals surface area contributed by atoms with Gasteiger partial charge >= 0.3 is 0 Å². The molecule has 1 aliphatic carbocycles. The van der Waals surface area contributed by atoms with Crippen LogP contribution < -0.4 is 15.8 Å². The lowest BCUT2D eigenvalue weighted by molar-refractivity contribution is -0.124. The minimum Gasteiger partial charge on any atom is -0.490 e. The fourth-order valence-electron chi connectivity index (χ4n) is 2.82. The minimum atomic E-state index is -0.645. The van der Waals surface area contributed by atoms with Gasteiger partial charge in [-0.25, -0.2) is 0 Å². The Kier molecular flexibility index (Phi) is 4.62. The van der Waals surface area contributed by atoms with Crippen LogP contribution in [-0.2, 0) is 11.4 Å². The van der Waals surface area contributed by atoms with Gasteiger partial charge in [0.15, 0.2) is 0 Å². The zero-order chi connectivity index (χ0) is 14.6. The van der Waals surface area contributed by atoms with Crippen LogP contribution in [0.3, 0.4) is 0 Å². The summed E-state index contributed by atoms with van der Waals surface area (Å²) in [6, 6.07) is 7.36. The first-order valence-corrected chi connectivity index (χ1v) is 7.01. The molecule has 0 aliphatic heterocycles. The smallest absolute Gasteiger partial charge is 0.237 e.